The van der Waals surface area contributed by atoms with E-state index in [1.54, 1.807) is 25.3 Å². The molecule has 0 saturated heterocycles. The Morgan fingerprint density at radius 3 is 2.86 bits per heavy atom. The van der Waals surface area contributed by atoms with Gasteiger partial charge in [0, 0.05) is 32.5 Å². The maximum absolute atomic E-state index is 14.0. The first-order chi connectivity index (χ1) is 10.2. The summed E-state index contributed by atoms with van der Waals surface area (Å²) in [5.74, 6) is 0.105. The molecule has 1 N–H and O–H groups in total. The van der Waals surface area contributed by atoms with Crippen molar-refractivity contribution >= 4 is 11.6 Å². The molecule has 0 spiro atoms. The molecule has 0 fully saturated rings. The Kier molecular flexibility index (Phi) is 5.92. The van der Waals surface area contributed by atoms with Crippen LogP contribution < -0.4 is 10.1 Å². The van der Waals surface area contributed by atoms with Crippen LogP contribution in [-0.4, -0.2) is 25.2 Å². The summed E-state index contributed by atoms with van der Waals surface area (Å²) in [6.07, 6.45) is 2.96. The summed E-state index contributed by atoms with van der Waals surface area (Å²) < 4.78 is 24.3. The highest BCUT2D eigenvalue weighted by Gasteiger charge is 2.07. The van der Waals surface area contributed by atoms with E-state index in [1.807, 2.05) is 0 Å². The van der Waals surface area contributed by atoms with Gasteiger partial charge in [0.15, 0.2) is 11.6 Å². The lowest BCUT2D eigenvalue weighted by atomic mass is 10.2. The van der Waals surface area contributed by atoms with Gasteiger partial charge in [-0.1, -0.05) is 17.7 Å². The first-order valence-corrected chi connectivity index (χ1v) is 6.83. The van der Waals surface area contributed by atoms with E-state index in [0.29, 0.717) is 30.5 Å². The largest absolute Gasteiger partial charge is 0.453 e. The van der Waals surface area contributed by atoms with Gasteiger partial charge in [-0.25, -0.2) is 4.39 Å². The predicted octanol–water partition coefficient (Wildman–Crippen LogP) is 3.40. The summed E-state index contributed by atoms with van der Waals surface area (Å²) in [5.41, 5.74) is 0.833. The average Bonchev–Trinajstić information content (AvgIpc) is 2.46. The number of benzene rings is 1. The van der Waals surface area contributed by atoms with Crippen molar-refractivity contribution in [1.82, 2.24) is 10.3 Å². The lowest BCUT2D eigenvalue weighted by Crippen LogP contribution is -2.18. The summed E-state index contributed by atoms with van der Waals surface area (Å²) in [4.78, 5) is 3.88. The number of nitrogens with one attached hydrogen (secondary N) is 1. The quantitative estimate of drug-likeness (QED) is 0.796. The molecule has 1 aromatic carbocycles. The van der Waals surface area contributed by atoms with Gasteiger partial charge >= 0.3 is 0 Å². The van der Waals surface area contributed by atoms with E-state index < -0.39 is 5.82 Å². The number of methoxy groups -OCH3 is 1. The first kappa shape index (κ1) is 15.7. The fraction of sp³-hybridized carbons (Fsp3) is 0.267. The SMILES string of the molecule is COCCNCc1ccc(Oc2cncc(Cl)c2)c(F)c1. The third-order valence-electron chi connectivity index (χ3n) is 2.72. The molecular weight excluding hydrogens is 295 g/mol. The molecule has 0 aliphatic carbocycles. The molecule has 0 unspecified atom stereocenters. The van der Waals surface area contributed by atoms with E-state index in [1.165, 1.54) is 18.5 Å². The molecule has 1 heterocycles. The summed E-state index contributed by atoms with van der Waals surface area (Å²) in [6.45, 7) is 1.90. The number of ether oxygens (including phenoxy) is 2. The van der Waals surface area contributed by atoms with Crippen molar-refractivity contribution in [2.45, 2.75) is 6.54 Å². The highest BCUT2D eigenvalue weighted by Crippen LogP contribution is 2.26. The number of hydrogen-bond donors (Lipinski definition) is 1. The van der Waals surface area contributed by atoms with Crippen LogP contribution in [0.15, 0.2) is 36.7 Å². The monoisotopic (exact) mass is 310 g/mol. The van der Waals surface area contributed by atoms with Gasteiger partial charge in [0.2, 0.25) is 0 Å². The van der Waals surface area contributed by atoms with Gasteiger partial charge in [-0.15, -0.1) is 0 Å². The van der Waals surface area contributed by atoms with Crippen molar-refractivity contribution in [2.24, 2.45) is 0 Å². The molecular formula is C15H16ClFN2O2. The van der Waals surface area contributed by atoms with Gasteiger partial charge in [0.25, 0.3) is 0 Å². The van der Waals surface area contributed by atoms with Gasteiger partial charge < -0.3 is 14.8 Å². The Morgan fingerprint density at radius 2 is 2.14 bits per heavy atom. The molecule has 4 nitrogen and oxygen atoms in total. The van der Waals surface area contributed by atoms with Crippen LogP contribution in [0.5, 0.6) is 11.5 Å². The summed E-state index contributed by atoms with van der Waals surface area (Å²) in [5, 5.41) is 3.58. The minimum absolute atomic E-state index is 0.139. The number of pyridine rings is 1. The topological polar surface area (TPSA) is 43.4 Å². The Balaban J connectivity index is 1.98. The fourth-order valence-corrected chi connectivity index (χ4v) is 1.88. The van der Waals surface area contributed by atoms with Crippen molar-refractivity contribution in [1.29, 1.82) is 0 Å². The molecule has 1 aromatic heterocycles. The number of halogens is 2. The summed E-state index contributed by atoms with van der Waals surface area (Å²) in [7, 11) is 1.64. The van der Waals surface area contributed by atoms with Crippen molar-refractivity contribution in [3.8, 4) is 11.5 Å². The van der Waals surface area contributed by atoms with Gasteiger partial charge in [0.1, 0.15) is 5.75 Å². The van der Waals surface area contributed by atoms with Crippen LogP contribution in [0.1, 0.15) is 5.56 Å². The van der Waals surface area contributed by atoms with Gasteiger partial charge in [-0.2, -0.15) is 0 Å². The average molecular weight is 311 g/mol. The van der Waals surface area contributed by atoms with E-state index >= 15 is 0 Å². The zero-order valence-corrected chi connectivity index (χ0v) is 12.4. The molecule has 21 heavy (non-hydrogen) atoms. The molecule has 2 rings (SSSR count). The zero-order valence-electron chi connectivity index (χ0n) is 11.6. The fourth-order valence-electron chi connectivity index (χ4n) is 1.72. The molecule has 0 aliphatic rings. The first-order valence-electron chi connectivity index (χ1n) is 6.45. The van der Waals surface area contributed by atoms with E-state index in [2.05, 4.69) is 10.3 Å². The molecule has 112 valence electrons. The zero-order chi connectivity index (χ0) is 15.1. The summed E-state index contributed by atoms with van der Waals surface area (Å²) in [6, 6.07) is 6.40. The number of aromatic nitrogens is 1. The van der Waals surface area contributed by atoms with Crippen LogP contribution in [0.3, 0.4) is 0 Å². The third-order valence-corrected chi connectivity index (χ3v) is 2.92. The Morgan fingerprint density at radius 1 is 1.29 bits per heavy atom. The van der Waals surface area contributed by atoms with Crippen molar-refractivity contribution in [2.75, 3.05) is 20.3 Å². The number of nitrogens with zero attached hydrogens (tertiary/aromatic N) is 1. The van der Waals surface area contributed by atoms with E-state index in [9.17, 15) is 4.39 Å². The summed E-state index contributed by atoms with van der Waals surface area (Å²) >= 11 is 5.80. The molecule has 0 aliphatic heterocycles. The molecule has 0 radical (unpaired) electrons. The molecule has 0 bridgehead atoms. The second-order valence-corrected chi connectivity index (χ2v) is 4.81. The molecule has 0 saturated carbocycles. The van der Waals surface area contributed by atoms with Crippen LogP contribution >= 0.6 is 11.6 Å². The molecule has 6 heteroatoms. The van der Waals surface area contributed by atoms with E-state index in [-0.39, 0.29) is 5.75 Å². The second-order valence-electron chi connectivity index (χ2n) is 4.38. The van der Waals surface area contributed by atoms with Crippen LogP contribution in [0, 0.1) is 5.82 Å². The van der Waals surface area contributed by atoms with Crippen LogP contribution in [0.2, 0.25) is 5.02 Å². The lowest BCUT2D eigenvalue weighted by Gasteiger charge is -2.09. The standard InChI is InChI=1S/C15H16ClFN2O2/c1-20-5-4-18-8-11-2-3-15(14(17)6-11)21-13-7-12(16)9-19-10-13/h2-3,6-7,9-10,18H,4-5,8H2,1H3. The maximum Gasteiger partial charge on any atom is 0.166 e. The predicted molar refractivity (Wildman–Crippen MR) is 79.3 cm³/mol. The smallest absolute Gasteiger partial charge is 0.166 e. The van der Waals surface area contributed by atoms with Gasteiger partial charge in [-0.3, -0.25) is 4.98 Å². The highest BCUT2D eigenvalue weighted by atomic mass is 35.5. The van der Waals surface area contributed by atoms with Gasteiger partial charge in [0.05, 0.1) is 17.8 Å². The van der Waals surface area contributed by atoms with Crippen molar-refractivity contribution in [3.63, 3.8) is 0 Å². The molecule has 2 aromatic rings. The Hall–Kier alpha value is -1.69. The van der Waals surface area contributed by atoms with Crippen molar-refractivity contribution < 1.29 is 13.9 Å². The normalized spacial score (nSPS) is 10.6. The molecule has 0 amide bonds. The van der Waals surface area contributed by atoms with Crippen LogP contribution in [0.25, 0.3) is 0 Å². The lowest BCUT2D eigenvalue weighted by molar-refractivity contribution is 0.199. The second kappa shape index (κ2) is 7.93. The Labute approximate surface area is 127 Å². The van der Waals surface area contributed by atoms with Crippen molar-refractivity contribution in [3.05, 3.63) is 53.1 Å². The van der Waals surface area contributed by atoms with E-state index in [0.717, 1.165) is 5.56 Å². The third kappa shape index (κ3) is 4.97. The number of hydrogen-bond acceptors (Lipinski definition) is 4. The minimum Gasteiger partial charge on any atom is -0.453 e. The molecule has 0 atom stereocenters. The minimum atomic E-state index is -0.430. The van der Waals surface area contributed by atoms with Crippen LogP contribution in [-0.2, 0) is 11.3 Å². The van der Waals surface area contributed by atoms with Gasteiger partial charge in [-0.05, 0) is 17.7 Å². The maximum atomic E-state index is 14.0. The van der Waals surface area contributed by atoms with Crippen LogP contribution in [0.4, 0.5) is 4.39 Å². The Bertz CT molecular complexity index is 596. The van der Waals surface area contributed by atoms with E-state index in [4.69, 9.17) is 21.1 Å². The number of rotatable bonds is 7. The highest BCUT2D eigenvalue weighted by molar-refractivity contribution is 6.30.